The number of nitrogens with zero attached hydrogens (tertiary/aromatic N) is 3. The molecule has 0 aromatic heterocycles. The molecule has 1 aromatic rings. The van der Waals surface area contributed by atoms with Crippen molar-refractivity contribution in [2.24, 2.45) is 4.99 Å². The van der Waals surface area contributed by atoms with Crippen molar-refractivity contribution >= 4 is 41.5 Å². The first-order valence-corrected chi connectivity index (χ1v) is 10.3. The van der Waals surface area contributed by atoms with E-state index in [1.165, 1.54) is 31.5 Å². The van der Waals surface area contributed by atoms with Crippen LogP contribution in [0.15, 0.2) is 29.3 Å². The standard InChI is InChI=1S/C21H33N5O.HI/c1-3-18(25-12-4-5-13-25)16-24-21(22-2)23-15-17-8-10-19(11-9-17)26-14-6-7-20(26)27;/h8-11,18H,3-7,12-16H2,1-2H3,(H2,22,23,24);1H. The average molecular weight is 499 g/mol. The van der Waals surface area contributed by atoms with Crippen molar-refractivity contribution in [3.63, 3.8) is 0 Å². The fourth-order valence-electron chi connectivity index (χ4n) is 3.97. The minimum Gasteiger partial charge on any atom is -0.355 e. The molecule has 2 aliphatic heterocycles. The summed E-state index contributed by atoms with van der Waals surface area (Å²) in [5, 5.41) is 6.87. The number of hydrogen-bond donors (Lipinski definition) is 2. The van der Waals surface area contributed by atoms with E-state index in [9.17, 15) is 4.79 Å². The molecule has 0 radical (unpaired) electrons. The van der Waals surface area contributed by atoms with Crippen LogP contribution in [-0.4, -0.2) is 56.0 Å². The molecule has 2 heterocycles. The molecule has 3 rings (SSSR count). The van der Waals surface area contributed by atoms with Crippen LogP contribution in [0.3, 0.4) is 0 Å². The highest BCUT2D eigenvalue weighted by Crippen LogP contribution is 2.21. The van der Waals surface area contributed by atoms with Crippen molar-refractivity contribution in [3.8, 4) is 0 Å². The van der Waals surface area contributed by atoms with Crippen molar-refractivity contribution < 1.29 is 4.79 Å². The van der Waals surface area contributed by atoms with Gasteiger partial charge in [0.1, 0.15) is 0 Å². The fraction of sp³-hybridized carbons (Fsp3) is 0.619. The molecule has 2 fully saturated rings. The molecule has 0 bridgehead atoms. The number of benzene rings is 1. The first-order valence-electron chi connectivity index (χ1n) is 10.3. The van der Waals surface area contributed by atoms with Gasteiger partial charge < -0.3 is 15.5 Å². The average Bonchev–Trinajstić information content (AvgIpc) is 3.37. The fourth-order valence-corrected chi connectivity index (χ4v) is 3.97. The molecular formula is C21H34IN5O. The van der Waals surface area contributed by atoms with Gasteiger partial charge >= 0.3 is 0 Å². The van der Waals surface area contributed by atoms with Gasteiger partial charge in [-0.2, -0.15) is 0 Å². The van der Waals surface area contributed by atoms with Gasteiger partial charge in [-0.25, -0.2) is 0 Å². The molecule has 2 aliphatic rings. The van der Waals surface area contributed by atoms with E-state index in [0.29, 0.717) is 19.0 Å². The van der Waals surface area contributed by atoms with E-state index >= 15 is 0 Å². The number of rotatable bonds is 7. The molecule has 1 aromatic carbocycles. The number of hydrogen-bond acceptors (Lipinski definition) is 3. The van der Waals surface area contributed by atoms with Gasteiger partial charge in [0.25, 0.3) is 0 Å². The van der Waals surface area contributed by atoms with E-state index < -0.39 is 0 Å². The van der Waals surface area contributed by atoms with E-state index in [0.717, 1.165) is 37.6 Å². The van der Waals surface area contributed by atoms with E-state index in [-0.39, 0.29) is 29.9 Å². The maximum absolute atomic E-state index is 11.8. The number of carbonyl (C=O) groups is 1. The predicted molar refractivity (Wildman–Crippen MR) is 127 cm³/mol. The number of anilines is 1. The van der Waals surface area contributed by atoms with E-state index in [1.807, 2.05) is 24.1 Å². The smallest absolute Gasteiger partial charge is 0.227 e. The van der Waals surface area contributed by atoms with Crippen LogP contribution in [0.4, 0.5) is 5.69 Å². The normalized spacial score (nSPS) is 18.9. The first kappa shape index (κ1) is 22.9. The Morgan fingerprint density at radius 2 is 1.82 bits per heavy atom. The second-order valence-electron chi connectivity index (χ2n) is 7.43. The molecule has 0 spiro atoms. The molecule has 28 heavy (non-hydrogen) atoms. The Hall–Kier alpha value is -1.35. The maximum atomic E-state index is 11.8. The Morgan fingerprint density at radius 1 is 1.11 bits per heavy atom. The lowest BCUT2D eigenvalue weighted by Gasteiger charge is -2.27. The topological polar surface area (TPSA) is 60.0 Å². The van der Waals surface area contributed by atoms with Crippen LogP contribution in [-0.2, 0) is 11.3 Å². The second kappa shape index (κ2) is 11.6. The van der Waals surface area contributed by atoms with Gasteiger partial charge in [-0.15, -0.1) is 24.0 Å². The molecule has 2 saturated heterocycles. The van der Waals surface area contributed by atoms with E-state index in [1.54, 1.807) is 0 Å². The van der Waals surface area contributed by atoms with Gasteiger partial charge in [-0.3, -0.25) is 14.7 Å². The summed E-state index contributed by atoms with van der Waals surface area (Å²) < 4.78 is 0. The van der Waals surface area contributed by atoms with Crippen molar-refractivity contribution in [1.82, 2.24) is 15.5 Å². The van der Waals surface area contributed by atoms with Gasteiger partial charge in [0.05, 0.1) is 0 Å². The van der Waals surface area contributed by atoms with E-state index in [4.69, 9.17) is 0 Å². The first-order chi connectivity index (χ1) is 13.2. The number of nitrogens with one attached hydrogen (secondary N) is 2. The Labute approximate surface area is 186 Å². The highest BCUT2D eigenvalue weighted by molar-refractivity contribution is 14.0. The number of carbonyl (C=O) groups excluding carboxylic acids is 1. The third-order valence-corrected chi connectivity index (χ3v) is 5.64. The second-order valence-corrected chi connectivity index (χ2v) is 7.43. The lowest BCUT2D eigenvalue weighted by molar-refractivity contribution is -0.117. The summed E-state index contributed by atoms with van der Waals surface area (Å²) in [4.78, 5) is 20.7. The third kappa shape index (κ3) is 6.07. The minimum absolute atomic E-state index is 0. The predicted octanol–water partition coefficient (Wildman–Crippen LogP) is 2.97. The molecule has 0 saturated carbocycles. The third-order valence-electron chi connectivity index (χ3n) is 5.64. The summed E-state index contributed by atoms with van der Waals surface area (Å²) in [6.45, 7) is 7.17. The Kier molecular flexibility index (Phi) is 9.50. The lowest BCUT2D eigenvalue weighted by atomic mass is 10.2. The van der Waals surface area contributed by atoms with Crippen LogP contribution in [0.5, 0.6) is 0 Å². The minimum atomic E-state index is 0. The van der Waals surface area contributed by atoms with Crippen LogP contribution in [0.25, 0.3) is 0 Å². The quantitative estimate of drug-likeness (QED) is 0.344. The monoisotopic (exact) mass is 499 g/mol. The Morgan fingerprint density at radius 3 is 2.39 bits per heavy atom. The number of halogens is 1. The van der Waals surface area contributed by atoms with Gasteiger partial charge in [0, 0.05) is 44.8 Å². The van der Waals surface area contributed by atoms with Gasteiger partial charge in [0.15, 0.2) is 5.96 Å². The summed E-state index contributed by atoms with van der Waals surface area (Å²) in [5.74, 6) is 1.07. The summed E-state index contributed by atoms with van der Waals surface area (Å²) in [5.41, 5.74) is 2.18. The number of guanidine groups is 1. The molecule has 0 aliphatic carbocycles. The zero-order valence-corrected chi connectivity index (χ0v) is 19.4. The highest BCUT2D eigenvalue weighted by atomic mass is 127. The van der Waals surface area contributed by atoms with Crippen molar-refractivity contribution in [1.29, 1.82) is 0 Å². The zero-order chi connectivity index (χ0) is 19.1. The maximum Gasteiger partial charge on any atom is 0.227 e. The molecule has 1 unspecified atom stereocenters. The van der Waals surface area contributed by atoms with Crippen molar-refractivity contribution in [2.45, 2.75) is 51.6 Å². The lowest BCUT2D eigenvalue weighted by Crippen LogP contribution is -2.46. The van der Waals surface area contributed by atoms with Crippen molar-refractivity contribution in [2.75, 3.05) is 38.1 Å². The Balaban J connectivity index is 0.00000280. The molecule has 6 nitrogen and oxygen atoms in total. The summed E-state index contributed by atoms with van der Waals surface area (Å²) in [7, 11) is 1.81. The molecule has 156 valence electrons. The summed E-state index contributed by atoms with van der Waals surface area (Å²) in [6.07, 6.45) is 5.42. The molecular weight excluding hydrogens is 465 g/mol. The SMILES string of the molecule is CCC(CNC(=NC)NCc1ccc(N2CCCC2=O)cc1)N1CCCC1.I. The van der Waals surface area contributed by atoms with Gasteiger partial charge in [-0.05, 0) is 56.5 Å². The number of amides is 1. The summed E-state index contributed by atoms with van der Waals surface area (Å²) in [6, 6.07) is 8.82. The van der Waals surface area contributed by atoms with Crippen LogP contribution in [0.2, 0.25) is 0 Å². The number of aliphatic imine (C=N–C) groups is 1. The van der Waals surface area contributed by atoms with Crippen LogP contribution in [0, 0.1) is 0 Å². The largest absolute Gasteiger partial charge is 0.355 e. The van der Waals surface area contributed by atoms with Gasteiger partial charge in [-0.1, -0.05) is 19.1 Å². The van der Waals surface area contributed by atoms with Crippen LogP contribution < -0.4 is 15.5 Å². The molecule has 1 amide bonds. The molecule has 2 N–H and O–H groups in total. The molecule has 7 heteroatoms. The van der Waals surface area contributed by atoms with Crippen LogP contribution >= 0.6 is 24.0 Å². The van der Waals surface area contributed by atoms with Gasteiger partial charge in [0.2, 0.25) is 5.91 Å². The number of likely N-dealkylation sites (tertiary alicyclic amines) is 1. The molecule has 1 atom stereocenters. The van der Waals surface area contributed by atoms with Crippen LogP contribution in [0.1, 0.15) is 44.6 Å². The van der Waals surface area contributed by atoms with Crippen molar-refractivity contribution in [3.05, 3.63) is 29.8 Å². The summed E-state index contributed by atoms with van der Waals surface area (Å²) >= 11 is 0. The Bertz CT molecular complexity index is 643. The van der Waals surface area contributed by atoms with E-state index in [2.05, 4.69) is 39.6 Å². The highest BCUT2D eigenvalue weighted by Gasteiger charge is 2.22. The zero-order valence-electron chi connectivity index (χ0n) is 17.1.